The SMILES string of the molecule is C[C@@](O)(c1ccc(N2CCN(S(=O)(=O)c3ccccc3S)C[C@@H]2CN(c2ccc(F)cc2)S(C)(=O)=O)cc1)C(F)(F)F. The van der Waals surface area contributed by atoms with Crippen molar-refractivity contribution in [3.05, 3.63) is 84.2 Å². The predicted molar refractivity (Wildman–Crippen MR) is 154 cm³/mol. The van der Waals surface area contributed by atoms with Gasteiger partial charge in [0.15, 0.2) is 5.60 Å². The maximum Gasteiger partial charge on any atom is 0.421 e. The molecule has 2 atom stereocenters. The molecule has 4 rings (SSSR count). The van der Waals surface area contributed by atoms with Crippen molar-refractivity contribution in [1.29, 1.82) is 0 Å². The zero-order valence-electron chi connectivity index (χ0n) is 22.5. The van der Waals surface area contributed by atoms with Crippen molar-refractivity contribution >= 4 is 44.1 Å². The number of hydrogen-bond donors (Lipinski definition) is 2. The largest absolute Gasteiger partial charge is 0.421 e. The summed E-state index contributed by atoms with van der Waals surface area (Å²) in [6, 6.07) is 15.0. The van der Waals surface area contributed by atoms with E-state index in [1.807, 2.05) is 0 Å². The van der Waals surface area contributed by atoms with Gasteiger partial charge < -0.3 is 10.0 Å². The Morgan fingerprint density at radius 2 is 1.55 bits per heavy atom. The standard InChI is InChI=1S/C27H29F4N3O5S3/c1-26(35,27(29,30)31)19-7-11-21(12-8-19)33-16-15-32(42(38,39)25-6-4-3-5-24(25)40)17-23(33)18-34(41(2,36)37)22-13-9-20(28)10-14-22/h3-14,23,35,40H,15-18H2,1-2H3/t23-,26-/m1/s1. The molecule has 0 saturated carbocycles. The second kappa shape index (κ2) is 11.7. The summed E-state index contributed by atoms with van der Waals surface area (Å²) in [5.74, 6) is -0.580. The molecule has 0 amide bonds. The van der Waals surface area contributed by atoms with Crippen LogP contribution in [0.1, 0.15) is 12.5 Å². The first kappa shape index (κ1) is 32.1. The molecule has 3 aromatic rings. The summed E-state index contributed by atoms with van der Waals surface area (Å²) >= 11 is 4.28. The van der Waals surface area contributed by atoms with Gasteiger partial charge in [-0.3, -0.25) is 4.31 Å². The van der Waals surface area contributed by atoms with Gasteiger partial charge in [-0.15, -0.1) is 12.6 Å². The molecule has 1 heterocycles. The number of benzene rings is 3. The van der Waals surface area contributed by atoms with Crippen LogP contribution >= 0.6 is 12.6 Å². The molecule has 1 aliphatic rings. The fraction of sp³-hybridized carbons (Fsp3) is 0.333. The topological polar surface area (TPSA) is 98.2 Å². The number of piperazine rings is 1. The molecule has 0 bridgehead atoms. The van der Waals surface area contributed by atoms with E-state index in [1.165, 1.54) is 40.7 Å². The Hall–Kier alpha value is -2.85. The summed E-state index contributed by atoms with van der Waals surface area (Å²) < 4.78 is 109. The van der Waals surface area contributed by atoms with Crippen LogP contribution in [0.25, 0.3) is 0 Å². The fourth-order valence-electron chi connectivity index (χ4n) is 4.73. The Kier molecular flexibility index (Phi) is 8.92. The molecule has 42 heavy (non-hydrogen) atoms. The van der Waals surface area contributed by atoms with Gasteiger partial charge in [-0.25, -0.2) is 21.2 Å². The molecule has 0 spiro atoms. The van der Waals surface area contributed by atoms with Crippen LogP contribution < -0.4 is 9.21 Å². The summed E-state index contributed by atoms with van der Waals surface area (Å²) in [4.78, 5) is 1.90. The van der Waals surface area contributed by atoms with Gasteiger partial charge in [-0.05, 0) is 61.0 Å². The lowest BCUT2D eigenvalue weighted by Crippen LogP contribution is -2.59. The molecule has 15 heteroatoms. The number of halogens is 4. The van der Waals surface area contributed by atoms with Crippen LogP contribution in [0, 0.1) is 5.82 Å². The van der Waals surface area contributed by atoms with E-state index >= 15 is 0 Å². The molecular weight excluding hydrogens is 619 g/mol. The van der Waals surface area contributed by atoms with E-state index in [9.17, 15) is 39.5 Å². The molecule has 1 aliphatic heterocycles. The zero-order chi connectivity index (χ0) is 31.1. The van der Waals surface area contributed by atoms with E-state index in [1.54, 1.807) is 17.0 Å². The molecule has 1 saturated heterocycles. The van der Waals surface area contributed by atoms with Gasteiger partial charge in [-0.2, -0.15) is 17.5 Å². The molecule has 0 aliphatic carbocycles. The Balaban J connectivity index is 1.74. The zero-order valence-corrected chi connectivity index (χ0v) is 25.1. The van der Waals surface area contributed by atoms with E-state index in [0.29, 0.717) is 12.6 Å². The Morgan fingerprint density at radius 1 is 0.952 bits per heavy atom. The van der Waals surface area contributed by atoms with Crippen LogP contribution in [0.4, 0.5) is 28.9 Å². The highest BCUT2D eigenvalue weighted by atomic mass is 32.2. The third-order valence-electron chi connectivity index (χ3n) is 7.13. The van der Waals surface area contributed by atoms with Crippen molar-refractivity contribution in [2.75, 3.05) is 41.6 Å². The van der Waals surface area contributed by atoms with Crippen LogP contribution in [0.3, 0.4) is 0 Å². The Bertz CT molecular complexity index is 1630. The van der Waals surface area contributed by atoms with Crippen molar-refractivity contribution in [1.82, 2.24) is 4.31 Å². The van der Waals surface area contributed by atoms with Gasteiger partial charge in [0.05, 0.1) is 29.4 Å². The first-order valence-corrected chi connectivity index (χ1v) is 16.3. The number of anilines is 2. The summed E-state index contributed by atoms with van der Waals surface area (Å²) in [7, 11) is -8.00. The van der Waals surface area contributed by atoms with Gasteiger partial charge in [-0.1, -0.05) is 24.3 Å². The van der Waals surface area contributed by atoms with Crippen molar-refractivity contribution < 1.29 is 39.5 Å². The second-order valence-corrected chi connectivity index (χ2v) is 14.4. The van der Waals surface area contributed by atoms with Gasteiger partial charge in [0.2, 0.25) is 20.0 Å². The molecular formula is C27H29F4N3O5S3. The smallest absolute Gasteiger partial charge is 0.376 e. The van der Waals surface area contributed by atoms with E-state index in [4.69, 9.17) is 0 Å². The van der Waals surface area contributed by atoms with Crippen LogP contribution in [-0.4, -0.2) is 70.9 Å². The predicted octanol–water partition coefficient (Wildman–Crippen LogP) is 4.23. The normalized spacial score (nSPS) is 18.5. The average molecular weight is 648 g/mol. The maximum absolute atomic E-state index is 13.6. The summed E-state index contributed by atoms with van der Waals surface area (Å²) in [5, 5.41) is 10.1. The third kappa shape index (κ3) is 6.54. The monoisotopic (exact) mass is 647 g/mol. The van der Waals surface area contributed by atoms with Crippen LogP contribution in [0.2, 0.25) is 0 Å². The Morgan fingerprint density at radius 3 is 2.10 bits per heavy atom. The van der Waals surface area contributed by atoms with Crippen LogP contribution in [-0.2, 0) is 25.6 Å². The van der Waals surface area contributed by atoms with Gasteiger partial charge in [0, 0.05) is 30.2 Å². The first-order valence-electron chi connectivity index (χ1n) is 12.6. The van der Waals surface area contributed by atoms with Crippen LogP contribution in [0.15, 0.2) is 82.6 Å². The molecule has 8 nitrogen and oxygen atoms in total. The number of alkyl halides is 3. The minimum atomic E-state index is -4.93. The molecule has 1 fully saturated rings. The number of nitrogens with zero attached hydrogens (tertiary/aromatic N) is 3. The lowest BCUT2D eigenvalue weighted by molar-refractivity contribution is -0.258. The van der Waals surface area contributed by atoms with E-state index in [-0.39, 0.29) is 41.7 Å². The van der Waals surface area contributed by atoms with Crippen LogP contribution in [0.5, 0.6) is 0 Å². The third-order valence-corrected chi connectivity index (χ3v) is 10.8. The highest BCUT2D eigenvalue weighted by Gasteiger charge is 2.51. The van der Waals surface area contributed by atoms with Gasteiger partial charge >= 0.3 is 6.18 Å². The minimum Gasteiger partial charge on any atom is -0.376 e. The molecule has 0 unspecified atom stereocenters. The molecule has 3 aromatic carbocycles. The lowest BCUT2D eigenvalue weighted by atomic mass is 9.95. The highest BCUT2D eigenvalue weighted by Crippen LogP contribution is 2.39. The number of thiol groups is 1. The van der Waals surface area contributed by atoms with Crippen molar-refractivity contribution in [2.45, 2.75) is 34.5 Å². The molecule has 228 valence electrons. The first-order chi connectivity index (χ1) is 19.4. The fourth-order valence-corrected chi connectivity index (χ4v) is 7.73. The summed E-state index contributed by atoms with van der Waals surface area (Å²) in [6.45, 7) is 0.244. The van der Waals surface area contributed by atoms with Gasteiger partial charge in [0.25, 0.3) is 0 Å². The quantitative estimate of drug-likeness (QED) is 0.281. The number of hydrogen-bond acceptors (Lipinski definition) is 7. The number of aliphatic hydroxyl groups is 1. The highest BCUT2D eigenvalue weighted by molar-refractivity contribution is 7.92. The molecule has 0 radical (unpaired) electrons. The summed E-state index contributed by atoms with van der Waals surface area (Å²) in [5.41, 5.74) is -2.96. The van der Waals surface area contributed by atoms with E-state index in [0.717, 1.165) is 34.8 Å². The lowest BCUT2D eigenvalue weighted by Gasteiger charge is -2.44. The molecule has 1 N–H and O–H groups in total. The average Bonchev–Trinajstić information content (AvgIpc) is 2.91. The van der Waals surface area contributed by atoms with Crippen molar-refractivity contribution in [3.8, 4) is 0 Å². The van der Waals surface area contributed by atoms with Crippen molar-refractivity contribution in [3.63, 3.8) is 0 Å². The van der Waals surface area contributed by atoms with Crippen molar-refractivity contribution in [2.24, 2.45) is 0 Å². The van der Waals surface area contributed by atoms with Gasteiger partial charge in [0.1, 0.15) is 5.82 Å². The maximum atomic E-state index is 13.6. The minimum absolute atomic E-state index is 0.0155. The second-order valence-electron chi connectivity index (χ2n) is 10.1. The number of sulfonamides is 2. The van der Waals surface area contributed by atoms with E-state index in [2.05, 4.69) is 12.6 Å². The Labute approximate surface area is 247 Å². The molecule has 0 aromatic heterocycles. The summed E-state index contributed by atoms with van der Waals surface area (Å²) in [6.07, 6.45) is -3.96. The van der Waals surface area contributed by atoms with E-state index < -0.39 is 49.2 Å². The number of rotatable bonds is 8.